The van der Waals surface area contributed by atoms with Crippen LogP contribution in [-0.2, 0) is 33.9 Å². The van der Waals surface area contributed by atoms with E-state index < -0.39 is 62.8 Å². The van der Waals surface area contributed by atoms with Crippen molar-refractivity contribution in [2.24, 2.45) is 39.9 Å². The molecule has 0 saturated heterocycles. The smallest absolute Gasteiger partial charge is 0.316 e. The van der Waals surface area contributed by atoms with Gasteiger partial charge in [0.2, 0.25) is 10.0 Å². The number of sulfonamides is 1. The second-order valence-electron chi connectivity index (χ2n) is 15.4. The third kappa shape index (κ3) is 7.00. The summed E-state index contributed by atoms with van der Waals surface area (Å²) in [7, 11) is -4.07. The first kappa shape index (κ1) is 38.0. The van der Waals surface area contributed by atoms with Crippen LogP contribution in [0.2, 0.25) is 0 Å². The summed E-state index contributed by atoms with van der Waals surface area (Å²) in [5, 5.41) is 11.4. The lowest BCUT2D eigenvalue weighted by Crippen LogP contribution is -2.63. The summed E-state index contributed by atoms with van der Waals surface area (Å²) in [6, 6.07) is 3.81. The van der Waals surface area contributed by atoms with Crippen LogP contribution in [0.15, 0.2) is 41.8 Å². The topological polar surface area (TPSA) is 136 Å². The number of esters is 2. The second kappa shape index (κ2) is 14.4. The number of aliphatic hydroxyl groups excluding tert-OH is 1. The average Bonchev–Trinajstić information content (AvgIpc) is 3.42. The predicted molar refractivity (Wildman–Crippen MR) is 185 cm³/mol. The van der Waals surface area contributed by atoms with E-state index in [1.807, 2.05) is 6.92 Å². The summed E-state index contributed by atoms with van der Waals surface area (Å²) in [5.74, 6) is -2.21. The summed E-state index contributed by atoms with van der Waals surface area (Å²) in [6.07, 6.45) is 4.65. The zero-order valence-corrected chi connectivity index (χ0v) is 30.9. The van der Waals surface area contributed by atoms with Crippen molar-refractivity contribution in [3.63, 3.8) is 0 Å². The number of carbonyl (C=O) groups is 3. The third-order valence-corrected chi connectivity index (χ3v) is 15.7. The minimum absolute atomic E-state index is 0.0714. The van der Waals surface area contributed by atoms with Crippen LogP contribution in [0.3, 0.4) is 0 Å². The Bertz CT molecular complexity index is 1540. The van der Waals surface area contributed by atoms with Gasteiger partial charge in [0.15, 0.2) is 0 Å². The number of hydrogen-bond donors (Lipinski definition) is 2. The lowest BCUT2D eigenvalue weighted by Gasteiger charge is -2.61. The van der Waals surface area contributed by atoms with Gasteiger partial charge < -0.3 is 14.6 Å². The number of ether oxygens (including phenoxy) is 2. The van der Waals surface area contributed by atoms with Gasteiger partial charge in [-0.15, -0.1) is 18.3 Å². The van der Waals surface area contributed by atoms with Crippen LogP contribution in [0, 0.1) is 45.7 Å². The Balaban J connectivity index is 1.37. The number of Topliss-reactive ketones (excluding diaryl/α,β-unsaturated/α-hetero) is 1. The van der Waals surface area contributed by atoms with E-state index in [2.05, 4.69) is 32.1 Å². The van der Waals surface area contributed by atoms with Crippen molar-refractivity contribution in [3.8, 4) is 0 Å². The standard InChI is InChI=1S/C37H52FNO8S2/c1-7-35(5)20-30(36(6)22(3)15-17-37(23(4)33(35)42)18-16-28(40)32(36)37)47-31(41)21-48-29-14-9-24(34(43)46-8-2)19-27(29)39-49(44,45)26-12-10-25(38)11-13-26/h7,10-13,22-24,27,29-30,32-33,39,42H,1,8-9,14-21H2,2-6H3/t22-,23+,24+,27-,29-,30-,32+,33+,35-,36+,37+/m1/s1. The fourth-order valence-electron chi connectivity index (χ4n) is 9.69. The summed E-state index contributed by atoms with van der Waals surface area (Å²) in [5.41, 5.74) is -1.78. The van der Waals surface area contributed by atoms with E-state index in [0.717, 1.165) is 25.0 Å². The highest BCUT2D eigenvalue weighted by Crippen LogP contribution is 2.68. The summed E-state index contributed by atoms with van der Waals surface area (Å²) < 4.78 is 54.6. The lowest BCUT2D eigenvalue weighted by atomic mass is 9.44. The number of rotatable bonds is 10. The first-order chi connectivity index (χ1) is 23.0. The van der Waals surface area contributed by atoms with Crippen molar-refractivity contribution < 1.29 is 41.8 Å². The molecule has 5 rings (SSSR count). The van der Waals surface area contributed by atoms with Crippen molar-refractivity contribution in [3.05, 3.63) is 42.7 Å². The van der Waals surface area contributed by atoms with Crippen LogP contribution in [0.5, 0.6) is 0 Å². The van der Waals surface area contributed by atoms with Crippen molar-refractivity contribution in [1.29, 1.82) is 0 Å². The normalized spacial score (nSPS) is 39.3. The molecule has 4 aliphatic rings. The van der Waals surface area contributed by atoms with Crippen LogP contribution < -0.4 is 4.72 Å². The van der Waals surface area contributed by atoms with Gasteiger partial charge in [-0.3, -0.25) is 14.4 Å². The highest BCUT2D eigenvalue weighted by atomic mass is 32.2. The van der Waals surface area contributed by atoms with E-state index in [1.54, 1.807) is 13.0 Å². The molecule has 49 heavy (non-hydrogen) atoms. The first-order valence-corrected chi connectivity index (χ1v) is 20.2. The number of hydrogen-bond acceptors (Lipinski definition) is 9. The van der Waals surface area contributed by atoms with Gasteiger partial charge in [0.1, 0.15) is 17.7 Å². The van der Waals surface area contributed by atoms with Gasteiger partial charge in [0, 0.05) is 34.5 Å². The highest BCUT2D eigenvalue weighted by molar-refractivity contribution is 8.00. The zero-order chi connectivity index (χ0) is 35.9. The Labute approximate surface area is 294 Å². The molecule has 0 aromatic heterocycles. The number of nitrogens with one attached hydrogen (secondary N) is 1. The summed E-state index contributed by atoms with van der Waals surface area (Å²) >= 11 is 1.28. The molecule has 2 bridgehead atoms. The molecule has 0 unspecified atom stereocenters. The van der Waals surface area contributed by atoms with Crippen LogP contribution in [-0.4, -0.2) is 67.1 Å². The number of carbonyl (C=O) groups excluding carboxylic acids is 3. The minimum atomic E-state index is -4.07. The first-order valence-electron chi connectivity index (χ1n) is 17.6. The van der Waals surface area contributed by atoms with Crippen LogP contribution in [0.1, 0.15) is 86.0 Å². The molecule has 0 aliphatic heterocycles. The maximum absolute atomic E-state index is 13.8. The predicted octanol–water partition coefficient (Wildman–Crippen LogP) is 5.84. The maximum atomic E-state index is 13.8. The van der Waals surface area contributed by atoms with Crippen molar-refractivity contribution in [1.82, 2.24) is 4.72 Å². The molecule has 0 spiro atoms. The molecular weight excluding hydrogens is 670 g/mol. The number of thioether (sulfide) groups is 1. The monoisotopic (exact) mass is 721 g/mol. The van der Waals surface area contributed by atoms with E-state index in [9.17, 15) is 32.3 Å². The Hall–Kier alpha value is -2.28. The SMILES string of the molecule is C=C[C@]1(C)C[C@@H](OC(=O)CS[C@@H]2CC[C@H](C(=O)OCC)C[C@H]2NS(=O)(=O)c2ccc(F)cc2)[C@]2(C)[C@H](C)CC[C@]3(CCC(=O)[C@H]32)[C@@H](C)[C@@H]1O. The van der Waals surface area contributed by atoms with Crippen LogP contribution in [0.25, 0.3) is 0 Å². The Morgan fingerprint density at radius 1 is 1.14 bits per heavy atom. The van der Waals surface area contributed by atoms with Gasteiger partial charge in [0.05, 0.1) is 29.3 Å². The lowest BCUT2D eigenvalue weighted by molar-refractivity contribution is -0.205. The molecule has 4 saturated carbocycles. The van der Waals surface area contributed by atoms with E-state index in [1.165, 1.54) is 23.9 Å². The van der Waals surface area contributed by atoms with Gasteiger partial charge in [-0.25, -0.2) is 17.5 Å². The van der Waals surface area contributed by atoms with Crippen LogP contribution >= 0.6 is 11.8 Å². The molecule has 1 aromatic rings. The van der Waals surface area contributed by atoms with E-state index in [0.29, 0.717) is 32.1 Å². The molecule has 12 heteroatoms. The molecule has 0 radical (unpaired) electrons. The maximum Gasteiger partial charge on any atom is 0.316 e. The largest absolute Gasteiger partial charge is 0.466 e. The van der Waals surface area contributed by atoms with Gasteiger partial charge in [-0.05, 0) is 93.4 Å². The Morgan fingerprint density at radius 3 is 2.49 bits per heavy atom. The van der Waals surface area contributed by atoms with Gasteiger partial charge >= 0.3 is 11.9 Å². The molecule has 1 aromatic carbocycles. The molecule has 9 nitrogen and oxygen atoms in total. The number of halogens is 1. The Morgan fingerprint density at radius 2 is 1.84 bits per heavy atom. The van der Waals surface area contributed by atoms with Gasteiger partial charge in [-0.2, -0.15) is 0 Å². The third-order valence-electron chi connectivity index (χ3n) is 12.8. The van der Waals surface area contributed by atoms with E-state index in [4.69, 9.17) is 9.47 Å². The van der Waals surface area contributed by atoms with Crippen LogP contribution in [0.4, 0.5) is 4.39 Å². The van der Waals surface area contributed by atoms with Crippen molar-refractivity contribution >= 4 is 39.5 Å². The Kier molecular flexibility index (Phi) is 11.1. The molecule has 4 fully saturated rings. The number of ketones is 1. The number of benzene rings is 1. The molecule has 0 amide bonds. The van der Waals surface area contributed by atoms with Gasteiger partial charge in [0.25, 0.3) is 0 Å². The average molecular weight is 722 g/mol. The molecule has 2 N–H and O–H groups in total. The molecule has 272 valence electrons. The number of aliphatic hydroxyl groups is 1. The quantitative estimate of drug-likeness (QED) is 0.226. The minimum Gasteiger partial charge on any atom is -0.466 e. The zero-order valence-electron chi connectivity index (χ0n) is 29.3. The van der Waals surface area contributed by atoms with Crippen molar-refractivity contribution in [2.45, 2.75) is 114 Å². The van der Waals surface area contributed by atoms with Crippen molar-refractivity contribution in [2.75, 3.05) is 12.4 Å². The molecular formula is C37H52FNO8S2. The second-order valence-corrected chi connectivity index (χ2v) is 18.3. The summed E-state index contributed by atoms with van der Waals surface area (Å²) in [6.45, 7) is 14.2. The molecule has 4 aliphatic carbocycles. The molecule has 0 heterocycles. The highest BCUT2D eigenvalue weighted by Gasteiger charge is 2.68. The van der Waals surface area contributed by atoms with E-state index >= 15 is 0 Å². The van der Waals surface area contributed by atoms with E-state index in [-0.39, 0.29) is 57.9 Å². The fraction of sp³-hybridized carbons (Fsp3) is 0.703. The van der Waals surface area contributed by atoms with Gasteiger partial charge in [-0.1, -0.05) is 33.8 Å². The summed E-state index contributed by atoms with van der Waals surface area (Å²) in [4.78, 5) is 40.1. The fourth-order valence-corrected chi connectivity index (χ4v) is 12.2. The molecule has 11 atom stereocenters.